The number of non-ortho nitro benzene ring substituents is 1. The highest BCUT2D eigenvalue weighted by Gasteiger charge is 2.17. The van der Waals surface area contributed by atoms with Gasteiger partial charge in [-0.2, -0.15) is 5.10 Å². The third-order valence-electron chi connectivity index (χ3n) is 2.54. The number of nitro groups is 2. The van der Waals surface area contributed by atoms with E-state index in [4.69, 9.17) is 5.73 Å². The number of nitro benzene ring substituents is 1. The van der Waals surface area contributed by atoms with Crippen molar-refractivity contribution in [1.82, 2.24) is 9.78 Å². The fraction of sp³-hybridized carbons (Fsp3) is 0.100. The van der Waals surface area contributed by atoms with Crippen molar-refractivity contribution in [2.45, 2.75) is 6.54 Å². The molecule has 0 unspecified atom stereocenters. The summed E-state index contributed by atoms with van der Waals surface area (Å²) >= 11 is 0. The first kappa shape index (κ1) is 12.5. The molecule has 0 radical (unpaired) electrons. The van der Waals surface area contributed by atoms with Crippen LogP contribution >= 0.6 is 0 Å². The molecule has 2 N–H and O–H groups in total. The Balaban J connectivity index is 2.21. The molecule has 1 heterocycles. The van der Waals surface area contributed by atoms with E-state index in [9.17, 15) is 20.2 Å². The van der Waals surface area contributed by atoms with Crippen LogP contribution < -0.4 is 5.73 Å². The van der Waals surface area contributed by atoms with Crippen LogP contribution in [0.15, 0.2) is 30.5 Å². The Morgan fingerprint density at radius 2 is 1.79 bits per heavy atom. The summed E-state index contributed by atoms with van der Waals surface area (Å²) in [5, 5.41) is 24.9. The zero-order valence-electron chi connectivity index (χ0n) is 9.59. The lowest BCUT2D eigenvalue weighted by Crippen LogP contribution is -2.06. The summed E-state index contributed by atoms with van der Waals surface area (Å²) in [6, 6.07) is 5.79. The lowest BCUT2D eigenvalue weighted by Gasteiger charge is -2.03. The number of nitrogens with zero attached hydrogens (tertiary/aromatic N) is 4. The van der Waals surface area contributed by atoms with E-state index in [-0.39, 0.29) is 23.7 Å². The van der Waals surface area contributed by atoms with Crippen molar-refractivity contribution in [1.29, 1.82) is 0 Å². The number of hydrogen-bond donors (Lipinski definition) is 1. The van der Waals surface area contributed by atoms with Crippen molar-refractivity contribution in [3.05, 3.63) is 56.3 Å². The van der Waals surface area contributed by atoms with Crippen LogP contribution in [0.4, 0.5) is 17.2 Å². The van der Waals surface area contributed by atoms with Crippen LogP contribution in [-0.4, -0.2) is 19.6 Å². The van der Waals surface area contributed by atoms with Crippen molar-refractivity contribution in [2.75, 3.05) is 5.73 Å². The lowest BCUT2D eigenvalue weighted by molar-refractivity contribution is -0.384. The molecule has 1 aromatic carbocycles. The van der Waals surface area contributed by atoms with Crippen molar-refractivity contribution in [3.8, 4) is 0 Å². The molecule has 9 heteroatoms. The van der Waals surface area contributed by atoms with Gasteiger partial charge in [0.25, 0.3) is 5.69 Å². The van der Waals surface area contributed by atoms with Gasteiger partial charge in [0.15, 0.2) is 0 Å². The van der Waals surface area contributed by atoms with E-state index in [0.717, 1.165) is 6.20 Å². The molecule has 0 saturated carbocycles. The van der Waals surface area contributed by atoms with Crippen LogP contribution in [0, 0.1) is 20.2 Å². The largest absolute Gasteiger partial charge is 0.378 e. The SMILES string of the molecule is Nc1c([N+](=O)[O-])cnn1Cc1ccc([N+](=O)[O-])cc1. The average Bonchev–Trinajstić information content (AvgIpc) is 2.72. The summed E-state index contributed by atoms with van der Waals surface area (Å²) in [5.74, 6) is -0.0525. The summed E-state index contributed by atoms with van der Waals surface area (Å²) in [5.41, 5.74) is 6.00. The molecule has 0 aliphatic heterocycles. The van der Waals surface area contributed by atoms with Gasteiger partial charge in [0.1, 0.15) is 6.20 Å². The first-order chi connectivity index (χ1) is 8.99. The molecule has 9 nitrogen and oxygen atoms in total. The molecule has 0 fully saturated rings. The summed E-state index contributed by atoms with van der Waals surface area (Å²) < 4.78 is 1.26. The van der Waals surface area contributed by atoms with E-state index in [0.29, 0.717) is 5.56 Å². The summed E-state index contributed by atoms with van der Waals surface area (Å²) in [4.78, 5) is 20.0. The van der Waals surface area contributed by atoms with Gasteiger partial charge in [-0.25, -0.2) is 4.68 Å². The van der Waals surface area contributed by atoms with Gasteiger partial charge < -0.3 is 5.73 Å². The molecule has 98 valence electrons. The van der Waals surface area contributed by atoms with E-state index in [1.54, 1.807) is 12.1 Å². The number of hydrogen-bond acceptors (Lipinski definition) is 6. The summed E-state index contributed by atoms with van der Waals surface area (Å²) in [7, 11) is 0. The number of anilines is 1. The summed E-state index contributed by atoms with van der Waals surface area (Å²) in [6.07, 6.45) is 1.07. The van der Waals surface area contributed by atoms with Crippen molar-refractivity contribution in [2.24, 2.45) is 0 Å². The number of aromatic nitrogens is 2. The Morgan fingerprint density at radius 3 is 2.26 bits per heavy atom. The van der Waals surface area contributed by atoms with E-state index >= 15 is 0 Å². The van der Waals surface area contributed by atoms with Crippen LogP contribution in [0.1, 0.15) is 5.56 Å². The Morgan fingerprint density at radius 1 is 1.16 bits per heavy atom. The highest BCUT2D eigenvalue weighted by Crippen LogP contribution is 2.21. The molecule has 0 atom stereocenters. The fourth-order valence-electron chi connectivity index (χ4n) is 1.55. The normalized spacial score (nSPS) is 10.3. The number of rotatable bonds is 4. The molecule has 2 aromatic rings. The third kappa shape index (κ3) is 2.49. The van der Waals surface area contributed by atoms with Gasteiger partial charge in [0.2, 0.25) is 5.82 Å². The quantitative estimate of drug-likeness (QED) is 0.654. The molecular formula is C10H9N5O4. The predicted molar refractivity (Wildman–Crippen MR) is 65.5 cm³/mol. The van der Waals surface area contributed by atoms with E-state index in [1.165, 1.54) is 16.8 Å². The first-order valence-corrected chi connectivity index (χ1v) is 5.18. The van der Waals surface area contributed by atoms with E-state index in [1.807, 2.05) is 0 Å². The molecule has 2 rings (SSSR count). The number of benzene rings is 1. The summed E-state index contributed by atoms with van der Waals surface area (Å²) in [6.45, 7) is 0.206. The standard InChI is InChI=1S/C10H9N5O4/c11-10-9(15(18)19)5-12-13(10)6-7-1-3-8(4-2-7)14(16)17/h1-5H,6,11H2. The van der Waals surface area contributed by atoms with Crippen molar-refractivity contribution < 1.29 is 9.85 Å². The highest BCUT2D eigenvalue weighted by molar-refractivity contribution is 5.51. The molecule has 0 bridgehead atoms. The average molecular weight is 263 g/mol. The molecule has 0 amide bonds. The van der Waals surface area contributed by atoms with E-state index in [2.05, 4.69) is 5.10 Å². The molecule has 1 aromatic heterocycles. The smallest absolute Gasteiger partial charge is 0.330 e. The van der Waals surface area contributed by atoms with Gasteiger partial charge in [-0.15, -0.1) is 0 Å². The number of nitrogen functional groups attached to an aromatic ring is 1. The van der Waals surface area contributed by atoms with Crippen LogP contribution in [0.25, 0.3) is 0 Å². The van der Waals surface area contributed by atoms with Gasteiger partial charge in [0.05, 0.1) is 16.4 Å². The molecule has 0 aliphatic carbocycles. The van der Waals surface area contributed by atoms with Crippen LogP contribution in [0.5, 0.6) is 0 Å². The lowest BCUT2D eigenvalue weighted by atomic mass is 10.2. The first-order valence-electron chi connectivity index (χ1n) is 5.18. The van der Waals surface area contributed by atoms with Crippen molar-refractivity contribution >= 4 is 17.2 Å². The highest BCUT2D eigenvalue weighted by atomic mass is 16.6. The maximum absolute atomic E-state index is 10.6. The zero-order valence-corrected chi connectivity index (χ0v) is 9.59. The minimum absolute atomic E-state index is 0.0248. The fourth-order valence-corrected chi connectivity index (χ4v) is 1.55. The minimum atomic E-state index is -0.616. The Kier molecular flexibility index (Phi) is 3.10. The monoisotopic (exact) mass is 263 g/mol. The second-order valence-electron chi connectivity index (χ2n) is 3.75. The maximum Gasteiger partial charge on any atom is 0.330 e. The van der Waals surface area contributed by atoms with Crippen molar-refractivity contribution in [3.63, 3.8) is 0 Å². The zero-order chi connectivity index (χ0) is 14.0. The van der Waals surface area contributed by atoms with Gasteiger partial charge in [-0.1, -0.05) is 12.1 Å². The topological polar surface area (TPSA) is 130 Å². The predicted octanol–water partition coefficient (Wildman–Crippen LogP) is 1.33. The Hall–Kier alpha value is -2.97. The maximum atomic E-state index is 10.6. The third-order valence-corrected chi connectivity index (χ3v) is 2.54. The number of nitrogens with two attached hydrogens (primary N) is 1. The Labute approximate surface area is 106 Å². The van der Waals surface area contributed by atoms with Gasteiger partial charge in [-0.05, 0) is 5.56 Å². The van der Waals surface area contributed by atoms with Gasteiger partial charge in [0, 0.05) is 12.1 Å². The van der Waals surface area contributed by atoms with Gasteiger partial charge in [-0.3, -0.25) is 20.2 Å². The van der Waals surface area contributed by atoms with E-state index < -0.39 is 9.85 Å². The molecule has 19 heavy (non-hydrogen) atoms. The van der Waals surface area contributed by atoms with Gasteiger partial charge >= 0.3 is 5.69 Å². The second-order valence-corrected chi connectivity index (χ2v) is 3.75. The van der Waals surface area contributed by atoms with Crippen LogP contribution in [-0.2, 0) is 6.54 Å². The second kappa shape index (κ2) is 4.72. The van der Waals surface area contributed by atoms with Crippen LogP contribution in [0.2, 0.25) is 0 Å². The van der Waals surface area contributed by atoms with Crippen LogP contribution in [0.3, 0.4) is 0 Å². The Bertz CT molecular complexity index is 634. The minimum Gasteiger partial charge on any atom is -0.378 e. The molecule has 0 aliphatic rings. The molecule has 0 spiro atoms. The molecular weight excluding hydrogens is 254 g/mol. The molecule has 0 saturated heterocycles.